The van der Waals surface area contributed by atoms with Gasteiger partial charge in [-0.1, -0.05) is 111 Å². The van der Waals surface area contributed by atoms with E-state index in [0.717, 1.165) is 0 Å². The van der Waals surface area contributed by atoms with Crippen LogP contribution >= 0.6 is 17.0 Å². The number of benzene rings is 4. The molecular weight excluding hydrogens is 669 g/mol. The SMILES string of the molecule is Cc1cc2c(-c3ccccc3)cccc2[c-]1[Si](C)(C)[c-]1c(C)cc2c(-c3ccccc3)cccc21.[Cl-].[Cl-].[Cl][Zr+2][Cl]. The summed E-state index contributed by atoms with van der Waals surface area (Å²) in [7, 11) is 7.85. The van der Waals surface area contributed by atoms with Gasteiger partial charge in [0.25, 0.3) is 0 Å². The fourth-order valence-electron chi connectivity index (χ4n) is 6.40. The Kier molecular flexibility index (Phi) is 11.5. The van der Waals surface area contributed by atoms with Gasteiger partial charge in [0.05, 0.1) is 0 Å². The van der Waals surface area contributed by atoms with Crippen LogP contribution in [0.5, 0.6) is 0 Å². The number of fused-ring (bicyclic) bond motifs is 2. The topological polar surface area (TPSA) is 0 Å². The monoisotopic (exact) mass is 696 g/mol. The van der Waals surface area contributed by atoms with E-state index in [-0.39, 0.29) is 24.8 Å². The summed E-state index contributed by atoms with van der Waals surface area (Å²) in [6, 6.07) is 40.2. The molecule has 0 saturated heterocycles. The maximum absolute atomic E-state index is 4.93. The van der Waals surface area contributed by atoms with Crippen LogP contribution in [0.25, 0.3) is 43.8 Å². The molecule has 0 aliphatic carbocycles. The zero-order valence-corrected chi connectivity index (χ0v) is 29.4. The second-order valence-corrected chi connectivity index (χ2v) is 18.3. The summed E-state index contributed by atoms with van der Waals surface area (Å²) in [6.45, 7) is 9.71. The van der Waals surface area contributed by atoms with Crippen molar-refractivity contribution >= 4 is 57.0 Å². The van der Waals surface area contributed by atoms with Gasteiger partial charge >= 0.3 is 37.9 Å². The summed E-state index contributed by atoms with van der Waals surface area (Å²) in [5.41, 5.74) is 8.09. The molecule has 0 aliphatic heterocycles. The molecule has 0 unspecified atom stereocenters. The van der Waals surface area contributed by atoms with E-state index in [9.17, 15) is 0 Å². The Labute approximate surface area is 270 Å². The molecular formula is C34H30Cl4SiZr-2. The van der Waals surface area contributed by atoms with Crippen LogP contribution in [0.3, 0.4) is 0 Å². The molecule has 0 N–H and O–H groups in total. The summed E-state index contributed by atoms with van der Waals surface area (Å²) in [6.07, 6.45) is 0. The molecule has 6 aromatic carbocycles. The Balaban J connectivity index is 0.000000846. The Hall–Kier alpha value is -1.64. The molecule has 6 heteroatoms. The summed E-state index contributed by atoms with van der Waals surface area (Å²) < 4.78 is 0. The zero-order valence-electron chi connectivity index (χ0n) is 22.9. The van der Waals surface area contributed by atoms with Crippen molar-refractivity contribution in [3.63, 3.8) is 0 Å². The van der Waals surface area contributed by atoms with Crippen LogP contribution in [0.2, 0.25) is 13.1 Å². The van der Waals surface area contributed by atoms with Crippen molar-refractivity contribution in [2.45, 2.75) is 26.9 Å². The van der Waals surface area contributed by atoms with E-state index < -0.39 is 28.9 Å². The minimum atomic E-state index is -2.02. The van der Waals surface area contributed by atoms with E-state index in [2.05, 4.69) is 136 Å². The second-order valence-electron chi connectivity index (χ2n) is 10.4. The third-order valence-corrected chi connectivity index (χ3v) is 11.5. The average Bonchev–Trinajstić information content (AvgIpc) is 3.46. The molecule has 0 bridgehead atoms. The molecule has 0 spiro atoms. The Morgan fingerprint density at radius 2 is 0.900 bits per heavy atom. The Morgan fingerprint density at radius 3 is 1.25 bits per heavy atom. The summed E-state index contributed by atoms with van der Waals surface area (Å²) in [4.78, 5) is 0. The maximum atomic E-state index is 4.93. The molecule has 0 heterocycles. The fraction of sp³-hybridized carbons (Fsp3) is 0.118. The van der Waals surface area contributed by atoms with Crippen LogP contribution in [-0.2, 0) is 20.8 Å². The third kappa shape index (κ3) is 6.10. The van der Waals surface area contributed by atoms with E-state index in [4.69, 9.17) is 17.0 Å². The molecule has 0 aliphatic rings. The second kappa shape index (κ2) is 14.0. The number of halogens is 4. The molecule has 0 nitrogen and oxygen atoms in total. The Morgan fingerprint density at radius 1 is 0.550 bits per heavy atom. The van der Waals surface area contributed by atoms with Gasteiger partial charge in [-0.05, 0) is 11.1 Å². The van der Waals surface area contributed by atoms with Gasteiger partial charge in [-0.15, -0.1) is 67.3 Å². The van der Waals surface area contributed by atoms with Gasteiger partial charge in [-0.25, -0.2) is 0 Å². The van der Waals surface area contributed by atoms with Gasteiger partial charge in [0.2, 0.25) is 0 Å². The number of hydrogen-bond acceptors (Lipinski definition) is 0. The average molecular weight is 700 g/mol. The predicted molar refractivity (Wildman–Crippen MR) is 168 cm³/mol. The molecule has 0 radical (unpaired) electrons. The quantitative estimate of drug-likeness (QED) is 0.195. The van der Waals surface area contributed by atoms with E-state index in [1.54, 1.807) is 10.4 Å². The van der Waals surface area contributed by atoms with Crippen LogP contribution in [0.15, 0.2) is 109 Å². The predicted octanol–water partition coefficient (Wildman–Crippen LogP) is 3.59. The van der Waals surface area contributed by atoms with Crippen molar-refractivity contribution in [3.05, 3.63) is 120 Å². The van der Waals surface area contributed by atoms with Gasteiger partial charge in [0.15, 0.2) is 0 Å². The first-order valence-corrected chi connectivity index (χ1v) is 22.2. The first kappa shape index (κ1) is 32.9. The van der Waals surface area contributed by atoms with E-state index in [0.29, 0.717) is 0 Å². The molecule has 6 aromatic rings. The van der Waals surface area contributed by atoms with Crippen molar-refractivity contribution in [1.29, 1.82) is 0 Å². The van der Waals surface area contributed by atoms with Crippen molar-refractivity contribution in [3.8, 4) is 22.3 Å². The molecule has 0 saturated carbocycles. The van der Waals surface area contributed by atoms with E-state index in [1.165, 1.54) is 54.9 Å². The third-order valence-electron chi connectivity index (χ3n) is 7.68. The summed E-state index contributed by atoms with van der Waals surface area (Å²) >= 11 is -0.826. The number of rotatable bonds is 4. The van der Waals surface area contributed by atoms with Crippen LogP contribution in [0, 0.1) is 13.8 Å². The molecule has 0 amide bonds. The minimum absolute atomic E-state index is 0. The number of hydrogen-bond donors (Lipinski definition) is 0. The van der Waals surface area contributed by atoms with Crippen LogP contribution in [0.4, 0.5) is 0 Å². The molecule has 0 atom stereocenters. The molecule has 40 heavy (non-hydrogen) atoms. The molecule has 0 aromatic heterocycles. The van der Waals surface area contributed by atoms with Crippen LogP contribution < -0.4 is 35.2 Å². The van der Waals surface area contributed by atoms with Gasteiger partial charge in [-0.3, -0.25) is 0 Å². The van der Waals surface area contributed by atoms with Gasteiger partial charge < -0.3 is 24.8 Å². The summed E-state index contributed by atoms with van der Waals surface area (Å²) in [5, 5.41) is 8.76. The Bertz CT molecular complexity index is 1580. The molecule has 204 valence electrons. The van der Waals surface area contributed by atoms with Crippen LogP contribution in [0.1, 0.15) is 11.1 Å². The molecule has 0 fully saturated rings. The normalized spacial score (nSPS) is 10.8. The first-order valence-electron chi connectivity index (χ1n) is 12.8. The van der Waals surface area contributed by atoms with Crippen molar-refractivity contribution in [1.82, 2.24) is 0 Å². The van der Waals surface area contributed by atoms with Crippen molar-refractivity contribution < 1.29 is 45.7 Å². The van der Waals surface area contributed by atoms with Crippen LogP contribution in [-0.4, -0.2) is 8.07 Å². The van der Waals surface area contributed by atoms with E-state index >= 15 is 0 Å². The fourth-order valence-corrected chi connectivity index (χ4v) is 10.6. The number of aryl methyl sites for hydroxylation is 2. The molecule has 6 rings (SSSR count). The summed E-state index contributed by atoms with van der Waals surface area (Å²) in [5.74, 6) is 0. The van der Waals surface area contributed by atoms with E-state index in [1.807, 2.05) is 0 Å². The van der Waals surface area contributed by atoms with Crippen molar-refractivity contribution in [2.24, 2.45) is 0 Å². The standard InChI is InChI=1S/C34H30Si.4ClH.Zr/c1-23-21-31-27(25-13-7-5-8-14-25)17-11-19-29(31)33(23)35(3,4)34-24(2)22-32-28(18-12-20-30(32)34)26-15-9-6-10-16-26;;;;;/h5-22H,1-4H3;4*1H;/q-2;;;;;+4/p-4. The first-order chi connectivity index (χ1) is 18.4. The van der Waals surface area contributed by atoms with Gasteiger partial charge in [0, 0.05) is 8.07 Å². The van der Waals surface area contributed by atoms with Gasteiger partial charge in [-0.2, -0.15) is 12.1 Å². The van der Waals surface area contributed by atoms with Crippen molar-refractivity contribution in [2.75, 3.05) is 0 Å². The zero-order chi connectivity index (χ0) is 26.9. The van der Waals surface area contributed by atoms with Gasteiger partial charge in [0.1, 0.15) is 0 Å².